The molecule has 0 nitrogen and oxygen atoms in total. The summed E-state index contributed by atoms with van der Waals surface area (Å²) in [6.07, 6.45) is 3.49. The number of rotatable bonds is 2. The smallest absolute Gasteiger partial charge is 0.00462 e. The van der Waals surface area contributed by atoms with Gasteiger partial charge in [-0.3, -0.25) is 0 Å². The van der Waals surface area contributed by atoms with E-state index in [4.69, 9.17) is 0 Å². The van der Waals surface area contributed by atoms with E-state index < -0.39 is 0 Å². The maximum absolute atomic E-state index is 2.45. The number of aryl methyl sites for hydroxylation is 2. The van der Waals surface area contributed by atoms with Crippen LogP contribution in [-0.4, -0.2) is 0 Å². The molecule has 1 aliphatic rings. The third-order valence-corrected chi connectivity index (χ3v) is 5.73. The molecule has 0 heteroatoms. The first-order valence-corrected chi connectivity index (χ1v) is 9.84. The number of hydrogen-bond acceptors (Lipinski definition) is 0. The summed E-state index contributed by atoms with van der Waals surface area (Å²) in [4.78, 5) is 0. The zero-order chi connectivity index (χ0) is 19.2. The molecule has 0 saturated carbocycles. The van der Waals surface area contributed by atoms with Crippen LogP contribution in [0.25, 0.3) is 28.3 Å². The van der Waals surface area contributed by atoms with Crippen molar-refractivity contribution in [1.82, 2.24) is 0 Å². The van der Waals surface area contributed by atoms with Gasteiger partial charge in [0.25, 0.3) is 0 Å². The predicted molar refractivity (Wildman–Crippen MR) is 118 cm³/mol. The SMILES string of the molecule is Cc1ccc(-c2ccc(-c3ccc(C)cc3)c3c2C=C(C(C)(C)C)C3)cc1. The van der Waals surface area contributed by atoms with E-state index in [1.807, 2.05) is 0 Å². The highest BCUT2D eigenvalue weighted by molar-refractivity contribution is 5.87. The number of hydrogen-bond donors (Lipinski definition) is 0. The molecule has 0 spiro atoms. The summed E-state index contributed by atoms with van der Waals surface area (Å²) in [5.41, 5.74) is 12.5. The molecular weight excluding hydrogens is 324 g/mol. The van der Waals surface area contributed by atoms with Crippen LogP contribution in [-0.2, 0) is 6.42 Å². The lowest BCUT2D eigenvalue weighted by Crippen LogP contribution is -2.09. The van der Waals surface area contributed by atoms with Gasteiger partial charge >= 0.3 is 0 Å². The van der Waals surface area contributed by atoms with Gasteiger partial charge in [0.1, 0.15) is 0 Å². The fourth-order valence-corrected chi connectivity index (χ4v) is 3.91. The van der Waals surface area contributed by atoms with Gasteiger partial charge in [-0.15, -0.1) is 0 Å². The molecule has 1 aliphatic carbocycles. The van der Waals surface area contributed by atoms with Crippen LogP contribution < -0.4 is 0 Å². The predicted octanol–water partition coefficient (Wildman–Crippen LogP) is 7.62. The first-order chi connectivity index (χ1) is 12.8. The summed E-state index contributed by atoms with van der Waals surface area (Å²) in [7, 11) is 0. The second-order valence-electron chi connectivity index (χ2n) is 8.88. The maximum atomic E-state index is 2.45. The van der Waals surface area contributed by atoms with Gasteiger partial charge in [0.2, 0.25) is 0 Å². The normalized spacial score (nSPS) is 13.4. The summed E-state index contributed by atoms with van der Waals surface area (Å²) >= 11 is 0. The van der Waals surface area contributed by atoms with Gasteiger partial charge in [-0.2, -0.15) is 0 Å². The Morgan fingerprint density at radius 2 is 1.11 bits per heavy atom. The molecule has 4 rings (SSSR count). The Morgan fingerprint density at radius 1 is 0.630 bits per heavy atom. The minimum atomic E-state index is 0.189. The standard InChI is InChI=1S/C27H28/c1-18-6-10-20(11-7-18)23-14-15-24(21-12-8-19(2)9-13-21)26-17-22(16-25(23)26)27(3,4)5/h6-16H,17H2,1-5H3. The number of allylic oxidation sites excluding steroid dienone is 1. The largest absolute Gasteiger partial charge is 0.0598 e. The molecule has 3 aromatic carbocycles. The third-order valence-electron chi connectivity index (χ3n) is 5.73. The van der Waals surface area contributed by atoms with Crippen LogP contribution in [0, 0.1) is 19.3 Å². The van der Waals surface area contributed by atoms with E-state index in [9.17, 15) is 0 Å². The van der Waals surface area contributed by atoms with Crippen molar-refractivity contribution < 1.29 is 0 Å². The molecule has 0 amide bonds. The molecular formula is C27H28. The summed E-state index contributed by atoms with van der Waals surface area (Å²) in [5, 5.41) is 0. The monoisotopic (exact) mass is 352 g/mol. The fourth-order valence-electron chi connectivity index (χ4n) is 3.91. The molecule has 0 N–H and O–H groups in total. The first kappa shape index (κ1) is 17.8. The molecule has 27 heavy (non-hydrogen) atoms. The molecule has 136 valence electrons. The summed E-state index contributed by atoms with van der Waals surface area (Å²) in [6.45, 7) is 11.3. The Balaban J connectivity index is 1.90. The lowest BCUT2D eigenvalue weighted by atomic mass is 9.84. The molecule has 0 heterocycles. The van der Waals surface area contributed by atoms with E-state index in [2.05, 4.69) is 101 Å². The van der Waals surface area contributed by atoms with Crippen LogP contribution in [0.3, 0.4) is 0 Å². The number of benzene rings is 3. The fraction of sp³-hybridized carbons (Fsp3) is 0.259. The van der Waals surface area contributed by atoms with Gasteiger partial charge in [-0.05, 0) is 59.1 Å². The third kappa shape index (κ3) is 3.37. The quantitative estimate of drug-likeness (QED) is 0.445. The lowest BCUT2D eigenvalue weighted by Gasteiger charge is -2.20. The Hall–Kier alpha value is -2.60. The van der Waals surface area contributed by atoms with E-state index >= 15 is 0 Å². The first-order valence-electron chi connectivity index (χ1n) is 9.84. The van der Waals surface area contributed by atoms with Crippen molar-refractivity contribution in [2.75, 3.05) is 0 Å². The van der Waals surface area contributed by atoms with E-state index in [1.165, 1.54) is 50.1 Å². The Bertz CT molecular complexity index is 1010. The van der Waals surface area contributed by atoms with Crippen molar-refractivity contribution in [2.24, 2.45) is 5.41 Å². The van der Waals surface area contributed by atoms with E-state index in [-0.39, 0.29) is 5.41 Å². The van der Waals surface area contributed by atoms with Crippen LogP contribution in [0.15, 0.2) is 66.2 Å². The second kappa shape index (κ2) is 6.53. The Kier molecular flexibility index (Phi) is 4.30. The van der Waals surface area contributed by atoms with Gasteiger partial charge in [-0.25, -0.2) is 0 Å². The van der Waals surface area contributed by atoms with Gasteiger partial charge in [0, 0.05) is 0 Å². The van der Waals surface area contributed by atoms with Gasteiger partial charge in [-0.1, -0.05) is 104 Å². The molecule has 0 aliphatic heterocycles. The van der Waals surface area contributed by atoms with E-state index in [0.717, 1.165) is 6.42 Å². The molecule has 3 aromatic rings. The highest BCUT2D eigenvalue weighted by atomic mass is 14.3. The van der Waals surface area contributed by atoms with Crippen molar-refractivity contribution in [2.45, 2.75) is 41.0 Å². The van der Waals surface area contributed by atoms with Crippen molar-refractivity contribution in [3.05, 3.63) is 88.5 Å². The van der Waals surface area contributed by atoms with Crippen molar-refractivity contribution in [3.8, 4) is 22.3 Å². The maximum Gasteiger partial charge on any atom is -0.00462 e. The minimum Gasteiger partial charge on any atom is -0.0598 e. The van der Waals surface area contributed by atoms with Crippen LogP contribution in [0.5, 0.6) is 0 Å². The van der Waals surface area contributed by atoms with Gasteiger partial charge in [0.15, 0.2) is 0 Å². The number of fused-ring (bicyclic) bond motifs is 1. The molecule has 0 atom stereocenters. The van der Waals surface area contributed by atoms with Crippen LogP contribution in [0.2, 0.25) is 0 Å². The second-order valence-corrected chi connectivity index (χ2v) is 8.88. The molecule has 0 unspecified atom stereocenters. The Morgan fingerprint density at radius 3 is 1.63 bits per heavy atom. The van der Waals surface area contributed by atoms with Crippen LogP contribution in [0.4, 0.5) is 0 Å². The summed E-state index contributed by atoms with van der Waals surface area (Å²) in [6, 6.07) is 22.5. The van der Waals surface area contributed by atoms with Crippen molar-refractivity contribution in [1.29, 1.82) is 0 Å². The molecule has 0 saturated heterocycles. The van der Waals surface area contributed by atoms with Crippen molar-refractivity contribution in [3.63, 3.8) is 0 Å². The lowest BCUT2D eigenvalue weighted by molar-refractivity contribution is 0.498. The zero-order valence-corrected chi connectivity index (χ0v) is 17.1. The van der Waals surface area contributed by atoms with Crippen molar-refractivity contribution >= 4 is 6.08 Å². The highest BCUT2D eigenvalue weighted by Crippen LogP contribution is 2.44. The molecule has 0 fully saturated rings. The Labute approximate surface area is 163 Å². The summed E-state index contributed by atoms with van der Waals surface area (Å²) < 4.78 is 0. The summed E-state index contributed by atoms with van der Waals surface area (Å²) in [5.74, 6) is 0. The van der Waals surface area contributed by atoms with Crippen LogP contribution in [0.1, 0.15) is 43.0 Å². The molecule has 0 aromatic heterocycles. The van der Waals surface area contributed by atoms with Gasteiger partial charge in [0.05, 0.1) is 0 Å². The topological polar surface area (TPSA) is 0 Å². The van der Waals surface area contributed by atoms with Crippen LogP contribution >= 0.6 is 0 Å². The van der Waals surface area contributed by atoms with E-state index in [0.29, 0.717) is 0 Å². The average molecular weight is 353 g/mol. The van der Waals surface area contributed by atoms with E-state index in [1.54, 1.807) is 0 Å². The van der Waals surface area contributed by atoms with Gasteiger partial charge < -0.3 is 0 Å². The zero-order valence-electron chi connectivity index (χ0n) is 17.1. The highest BCUT2D eigenvalue weighted by Gasteiger charge is 2.27. The molecule has 0 radical (unpaired) electrons. The minimum absolute atomic E-state index is 0.189. The average Bonchev–Trinajstić information content (AvgIpc) is 3.08. The molecule has 0 bridgehead atoms.